The number of nitrogens with zero attached hydrogens (tertiary/aromatic N) is 1. The molecule has 1 unspecified atom stereocenters. The van der Waals surface area contributed by atoms with Crippen molar-refractivity contribution in [3.8, 4) is 0 Å². The molecule has 1 aliphatic rings. The van der Waals surface area contributed by atoms with Crippen molar-refractivity contribution in [2.75, 3.05) is 26.2 Å². The summed E-state index contributed by atoms with van der Waals surface area (Å²) in [5.74, 6) is 0.540. The van der Waals surface area contributed by atoms with Gasteiger partial charge in [0.05, 0.1) is 6.10 Å². The highest BCUT2D eigenvalue weighted by Crippen LogP contribution is 2.05. The molecule has 4 heteroatoms. The molecule has 82 valence electrons. The lowest BCUT2D eigenvalue weighted by atomic mass is 10.1. The number of rotatable bonds is 2. The van der Waals surface area contributed by atoms with Crippen LogP contribution in [0.2, 0.25) is 0 Å². The van der Waals surface area contributed by atoms with Crippen molar-refractivity contribution in [1.82, 2.24) is 10.2 Å². The lowest BCUT2D eigenvalue weighted by Crippen LogP contribution is -2.38. The van der Waals surface area contributed by atoms with E-state index < -0.39 is 6.10 Å². The summed E-state index contributed by atoms with van der Waals surface area (Å²) in [4.78, 5) is 13.4. The van der Waals surface area contributed by atoms with E-state index in [0.29, 0.717) is 32.0 Å². The fourth-order valence-corrected chi connectivity index (χ4v) is 1.60. The Morgan fingerprint density at radius 1 is 1.64 bits per heavy atom. The lowest BCUT2D eigenvalue weighted by molar-refractivity contribution is -0.132. The van der Waals surface area contributed by atoms with Gasteiger partial charge in [-0.25, -0.2) is 0 Å². The minimum Gasteiger partial charge on any atom is -0.390 e. The van der Waals surface area contributed by atoms with E-state index in [1.165, 1.54) is 0 Å². The van der Waals surface area contributed by atoms with Crippen LogP contribution >= 0.6 is 0 Å². The van der Waals surface area contributed by atoms with E-state index in [1.54, 1.807) is 4.90 Å². The third-order valence-corrected chi connectivity index (χ3v) is 2.31. The maximum atomic E-state index is 11.7. The summed E-state index contributed by atoms with van der Waals surface area (Å²) < 4.78 is 0. The largest absolute Gasteiger partial charge is 0.390 e. The van der Waals surface area contributed by atoms with Gasteiger partial charge in [0.15, 0.2) is 0 Å². The van der Waals surface area contributed by atoms with Crippen molar-refractivity contribution in [2.45, 2.75) is 26.4 Å². The molecule has 1 aliphatic heterocycles. The minimum absolute atomic E-state index is 0.155. The van der Waals surface area contributed by atoms with Crippen molar-refractivity contribution in [2.24, 2.45) is 5.92 Å². The highest BCUT2D eigenvalue weighted by atomic mass is 16.3. The molecule has 0 bridgehead atoms. The average Bonchev–Trinajstić information content (AvgIpc) is 2.28. The summed E-state index contributed by atoms with van der Waals surface area (Å²) in [6.45, 7) is 6.61. The van der Waals surface area contributed by atoms with Crippen LogP contribution in [0.4, 0.5) is 0 Å². The van der Waals surface area contributed by atoms with Crippen LogP contribution in [0.25, 0.3) is 0 Å². The van der Waals surface area contributed by atoms with Crippen LogP contribution in [0.5, 0.6) is 0 Å². The molecular weight excluding hydrogens is 180 g/mol. The van der Waals surface area contributed by atoms with Crippen LogP contribution in [-0.4, -0.2) is 48.2 Å². The predicted molar refractivity (Wildman–Crippen MR) is 54.9 cm³/mol. The first-order valence-corrected chi connectivity index (χ1v) is 5.26. The van der Waals surface area contributed by atoms with Gasteiger partial charge < -0.3 is 15.3 Å². The molecule has 0 aromatic heterocycles. The van der Waals surface area contributed by atoms with Crippen LogP contribution in [0.1, 0.15) is 20.3 Å². The Bertz CT molecular complexity index is 195. The monoisotopic (exact) mass is 200 g/mol. The van der Waals surface area contributed by atoms with E-state index in [9.17, 15) is 9.90 Å². The van der Waals surface area contributed by atoms with Crippen LogP contribution in [0.15, 0.2) is 0 Å². The first-order chi connectivity index (χ1) is 6.59. The summed E-state index contributed by atoms with van der Waals surface area (Å²) in [6, 6.07) is 0. The Hall–Kier alpha value is -0.610. The van der Waals surface area contributed by atoms with Crippen LogP contribution in [0, 0.1) is 5.92 Å². The summed E-state index contributed by atoms with van der Waals surface area (Å²) in [7, 11) is 0. The SMILES string of the molecule is CC(C)CC(=O)N1CCNCC(O)C1. The standard InChI is InChI=1S/C10H20N2O2/c1-8(2)5-10(14)12-4-3-11-6-9(13)7-12/h8-9,11,13H,3-7H2,1-2H3. The van der Waals surface area contributed by atoms with Gasteiger partial charge in [0.1, 0.15) is 0 Å². The first-order valence-electron chi connectivity index (χ1n) is 5.26. The predicted octanol–water partition coefficient (Wildman–Crippen LogP) is -0.175. The topological polar surface area (TPSA) is 52.6 Å². The summed E-state index contributed by atoms with van der Waals surface area (Å²) in [5.41, 5.74) is 0. The Labute approximate surface area is 85.3 Å². The zero-order valence-corrected chi connectivity index (χ0v) is 8.99. The fourth-order valence-electron chi connectivity index (χ4n) is 1.60. The Balaban J connectivity index is 2.44. The van der Waals surface area contributed by atoms with Crippen molar-refractivity contribution < 1.29 is 9.90 Å². The average molecular weight is 200 g/mol. The van der Waals surface area contributed by atoms with Gasteiger partial charge in [-0.2, -0.15) is 0 Å². The molecule has 1 fully saturated rings. The number of hydrogen-bond acceptors (Lipinski definition) is 3. The van der Waals surface area contributed by atoms with Gasteiger partial charge in [0.25, 0.3) is 0 Å². The molecule has 0 aromatic carbocycles. The fraction of sp³-hybridized carbons (Fsp3) is 0.900. The second-order valence-electron chi connectivity index (χ2n) is 4.30. The third-order valence-electron chi connectivity index (χ3n) is 2.31. The Morgan fingerprint density at radius 2 is 2.36 bits per heavy atom. The third kappa shape index (κ3) is 3.64. The Kier molecular flexibility index (Phi) is 4.35. The van der Waals surface area contributed by atoms with E-state index in [4.69, 9.17) is 0 Å². The first kappa shape index (κ1) is 11.5. The Morgan fingerprint density at radius 3 is 3.00 bits per heavy atom. The van der Waals surface area contributed by atoms with E-state index in [2.05, 4.69) is 5.32 Å². The van der Waals surface area contributed by atoms with Gasteiger partial charge in [0, 0.05) is 32.6 Å². The zero-order valence-electron chi connectivity index (χ0n) is 8.99. The van der Waals surface area contributed by atoms with Gasteiger partial charge in [-0.05, 0) is 5.92 Å². The second kappa shape index (κ2) is 5.32. The molecule has 4 nitrogen and oxygen atoms in total. The quantitative estimate of drug-likeness (QED) is 0.650. The van der Waals surface area contributed by atoms with E-state index in [0.717, 1.165) is 6.54 Å². The molecule has 0 saturated carbocycles. The minimum atomic E-state index is -0.423. The smallest absolute Gasteiger partial charge is 0.222 e. The molecule has 1 heterocycles. The number of hydrogen-bond donors (Lipinski definition) is 2. The highest BCUT2D eigenvalue weighted by Gasteiger charge is 2.20. The van der Waals surface area contributed by atoms with Crippen LogP contribution in [-0.2, 0) is 4.79 Å². The number of carbonyl (C=O) groups excluding carboxylic acids is 1. The number of aliphatic hydroxyl groups excluding tert-OH is 1. The highest BCUT2D eigenvalue weighted by molar-refractivity contribution is 5.76. The molecule has 0 spiro atoms. The van der Waals surface area contributed by atoms with E-state index >= 15 is 0 Å². The normalized spacial score (nSPS) is 23.7. The molecule has 2 N–H and O–H groups in total. The van der Waals surface area contributed by atoms with Gasteiger partial charge in [0.2, 0.25) is 5.91 Å². The van der Waals surface area contributed by atoms with Gasteiger partial charge in [-0.1, -0.05) is 13.8 Å². The molecule has 14 heavy (non-hydrogen) atoms. The maximum absolute atomic E-state index is 11.7. The summed E-state index contributed by atoms with van der Waals surface area (Å²) in [6.07, 6.45) is 0.154. The molecule has 1 rings (SSSR count). The van der Waals surface area contributed by atoms with Gasteiger partial charge in [-0.15, -0.1) is 0 Å². The van der Waals surface area contributed by atoms with Crippen molar-refractivity contribution in [3.63, 3.8) is 0 Å². The molecule has 0 aromatic rings. The summed E-state index contributed by atoms with van der Waals surface area (Å²) in [5, 5.41) is 12.6. The van der Waals surface area contributed by atoms with Crippen molar-refractivity contribution in [3.05, 3.63) is 0 Å². The number of β-amino-alcohol motifs (C(OH)–C–C–N with tert-alkyl or cyclic N) is 1. The molecule has 1 saturated heterocycles. The summed E-state index contributed by atoms with van der Waals surface area (Å²) >= 11 is 0. The number of aliphatic hydroxyl groups is 1. The van der Waals surface area contributed by atoms with E-state index in [-0.39, 0.29) is 5.91 Å². The number of amides is 1. The van der Waals surface area contributed by atoms with Gasteiger partial charge in [-0.3, -0.25) is 4.79 Å². The number of nitrogens with one attached hydrogen (secondary N) is 1. The van der Waals surface area contributed by atoms with Crippen LogP contribution < -0.4 is 5.32 Å². The van der Waals surface area contributed by atoms with Crippen molar-refractivity contribution in [1.29, 1.82) is 0 Å². The number of carbonyl (C=O) groups is 1. The van der Waals surface area contributed by atoms with Crippen molar-refractivity contribution >= 4 is 5.91 Å². The maximum Gasteiger partial charge on any atom is 0.222 e. The molecule has 0 radical (unpaired) electrons. The zero-order chi connectivity index (χ0) is 10.6. The van der Waals surface area contributed by atoms with E-state index in [1.807, 2.05) is 13.8 Å². The van der Waals surface area contributed by atoms with Crippen LogP contribution in [0.3, 0.4) is 0 Å². The molecule has 1 atom stereocenters. The van der Waals surface area contributed by atoms with Gasteiger partial charge >= 0.3 is 0 Å². The molecule has 0 aliphatic carbocycles. The molecular formula is C10H20N2O2. The lowest BCUT2D eigenvalue weighted by Gasteiger charge is -2.22. The molecule has 1 amide bonds. The second-order valence-corrected chi connectivity index (χ2v) is 4.30.